The third kappa shape index (κ3) is 3.79. The second-order valence-corrected chi connectivity index (χ2v) is 5.65. The number of carbonyl (C=O) groups is 1. The standard InChI is InChI=1S/C15H22N8O/c1-3-17-13-8-14(20-12(2)19-13)21-4-6-22(7-5-21)15(24)9-23-11-16-10-18-23/h8,10-11H,3-7,9H2,1-2H3,(H,17,19,20). The van der Waals surface area contributed by atoms with Gasteiger partial charge in [-0.3, -0.25) is 4.79 Å². The first kappa shape index (κ1) is 16.2. The molecule has 1 aliphatic rings. The number of nitrogens with one attached hydrogen (secondary N) is 1. The molecule has 2 aromatic rings. The lowest BCUT2D eigenvalue weighted by atomic mass is 10.3. The van der Waals surface area contributed by atoms with Gasteiger partial charge in [-0.15, -0.1) is 0 Å². The molecule has 1 N–H and O–H groups in total. The molecule has 1 saturated heterocycles. The van der Waals surface area contributed by atoms with E-state index in [1.54, 1.807) is 11.0 Å². The second-order valence-electron chi connectivity index (χ2n) is 5.65. The first-order valence-corrected chi connectivity index (χ1v) is 8.10. The van der Waals surface area contributed by atoms with Gasteiger partial charge in [-0.25, -0.2) is 19.6 Å². The van der Waals surface area contributed by atoms with E-state index in [1.807, 2.05) is 24.8 Å². The van der Waals surface area contributed by atoms with Crippen molar-refractivity contribution < 1.29 is 4.79 Å². The second kappa shape index (κ2) is 7.24. The average Bonchev–Trinajstić information content (AvgIpc) is 3.08. The third-order valence-corrected chi connectivity index (χ3v) is 3.90. The minimum Gasteiger partial charge on any atom is -0.370 e. The van der Waals surface area contributed by atoms with Crippen molar-refractivity contribution >= 4 is 17.5 Å². The largest absolute Gasteiger partial charge is 0.370 e. The molecule has 0 spiro atoms. The predicted octanol–water partition coefficient (Wildman–Crippen LogP) is 0.157. The third-order valence-electron chi connectivity index (χ3n) is 3.90. The summed E-state index contributed by atoms with van der Waals surface area (Å²) in [5.74, 6) is 2.55. The van der Waals surface area contributed by atoms with E-state index in [0.29, 0.717) is 13.1 Å². The molecule has 24 heavy (non-hydrogen) atoms. The maximum Gasteiger partial charge on any atom is 0.244 e. The van der Waals surface area contributed by atoms with Crippen LogP contribution in [0.15, 0.2) is 18.7 Å². The van der Waals surface area contributed by atoms with Crippen LogP contribution < -0.4 is 10.2 Å². The zero-order chi connectivity index (χ0) is 16.9. The van der Waals surface area contributed by atoms with Crippen LogP contribution >= 0.6 is 0 Å². The van der Waals surface area contributed by atoms with Gasteiger partial charge in [-0.1, -0.05) is 0 Å². The van der Waals surface area contributed by atoms with Gasteiger partial charge in [-0.05, 0) is 13.8 Å². The molecular formula is C15H22N8O. The SMILES string of the molecule is CCNc1cc(N2CCN(C(=O)Cn3cncn3)CC2)nc(C)n1. The van der Waals surface area contributed by atoms with Crippen LogP contribution in [0.2, 0.25) is 0 Å². The van der Waals surface area contributed by atoms with Crippen LogP contribution in [0, 0.1) is 6.92 Å². The van der Waals surface area contributed by atoms with Crippen molar-refractivity contribution in [1.29, 1.82) is 0 Å². The molecule has 9 nitrogen and oxygen atoms in total. The van der Waals surface area contributed by atoms with Crippen molar-refractivity contribution in [1.82, 2.24) is 29.6 Å². The summed E-state index contributed by atoms with van der Waals surface area (Å²) in [5, 5.41) is 7.20. The average molecular weight is 330 g/mol. The molecule has 1 fully saturated rings. The number of piperazine rings is 1. The number of rotatable bonds is 5. The number of amides is 1. The summed E-state index contributed by atoms with van der Waals surface area (Å²) in [5.41, 5.74) is 0. The molecule has 3 heterocycles. The maximum atomic E-state index is 12.3. The number of anilines is 2. The number of aromatic nitrogens is 5. The first-order chi connectivity index (χ1) is 11.7. The van der Waals surface area contributed by atoms with E-state index in [-0.39, 0.29) is 12.5 Å². The Hall–Kier alpha value is -2.71. The van der Waals surface area contributed by atoms with Gasteiger partial charge >= 0.3 is 0 Å². The smallest absolute Gasteiger partial charge is 0.244 e. The zero-order valence-corrected chi connectivity index (χ0v) is 14.0. The Morgan fingerprint density at radius 1 is 1.25 bits per heavy atom. The van der Waals surface area contributed by atoms with Crippen LogP contribution in [0.1, 0.15) is 12.7 Å². The number of aryl methyl sites for hydroxylation is 1. The molecule has 0 radical (unpaired) electrons. The summed E-state index contributed by atoms with van der Waals surface area (Å²) >= 11 is 0. The van der Waals surface area contributed by atoms with Gasteiger partial charge in [0.1, 0.15) is 36.7 Å². The number of nitrogens with zero attached hydrogens (tertiary/aromatic N) is 7. The van der Waals surface area contributed by atoms with Crippen LogP contribution in [0.25, 0.3) is 0 Å². The van der Waals surface area contributed by atoms with Crippen LogP contribution in [0.4, 0.5) is 11.6 Å². The highest BCUT2D eigenvalue weighted by atomic mass is 16.2. The molecule has 0 aliphatic carbocycles. The highest BCUT2D eigenvalue weighted by Gasteiger charge is 2.22. The Bertz CT molecular complexity index is 679. The topological polar surface area (TPSA) is 92.1 Å². The molecule has 0 bridgehead atoms. The first-order valence-electron chi connectivity index (χ1n) is 8.10. The van der Waals surface area contributed by atoms with Crippen molar-refractivity contribution in [3.8, 4) is 0 Å². The van der Waals surface area contributed by atoms with Gasteiger partial charge in [0.25, 0.3) is 0 Å². The lowest BCUT2D eigenvalue weighted by molar-refractivity contribution is -0.132. The Morgan fingerprint density at radius 3 is 2.71 bits per heavy atom. The number of hydrogen-bond acceptors (Lipinski definition) is 7. The van der Waals surface area contributed by atoms with Crippen LogP contribution in [0.5, 0.6) is 0 Å². The highest BCUT2D eigenvalue weighted by molar-refractivity contribution is 5.76. The zero-order valence-electron chi connectivity index (χ0n) is 14.0. The summed E-state index contributed by atoms with van der Waals surface area (Å²) in [4.78, 5) is 29.1. The van der Waals surface area contributed by atoms with Gasteiger partial charge in [0.2, 0.25) is 5.91 Å². The molecule has 2 aromatic heterocycles. The van der Waals surface area contributed by atoms with Crippen molar-refractivity contribution in [2.45, 2.75) is 20.4 Å². The van der Waals surface area contributed by atoms with Crippen LogP contribution in [-0.2, 0) is 11.3 Å². The van der Waals surface area contributed by atoms with Gasteiger partial charge in [0.05, 0.1) is 0 Å². The molecule has 0 aromatic carbocycles. The fourth-order valence-electron chi connectivity index (χ4n) is 2.72. The summed E-state index contributed by atoms with van der Waals surface area (Å²) in [6.07, 6.45) is 2.99. The molecule has 0 atom stereocenters. The number of hydrogen-bond donors (Lipinski definition) is 1. The van der Waals surface area contributed by atoms with Gasteiger partial charge in [0, 0.05) is 38.8 Å². The van der Waals surface area contributed by atoms with E-state index in [0.717, 1.165) is 37.1 Å². The van der Waals surface area contributed by atoms with E-state index in [2.05, 4.69) is 30.3 Å². The van der Waals surface area contributed by atoms with Gasteiger partial charge < -0.3 is 15.1 Å². The van der Waals surface area contributed by atoms with Crippen molar-refractivity contribution in [3.05, 3.63) is 24.5 Å². The van der Waals surface area contributed by atoms with E-state index in [4.69, 9.17) is 0 Å². The molecular weight excluding hydrogens is 308 g/mol. The normalized spacial score (nSPS) is 14.8. The minimum absolute atomic E-state index is 0.0624. The summed E-state index contributed by atoms with van der Waals surface area (Å²) in [6.45, 7) is 7.84. The fourth-order valence-corrected chi connectivity index (χ4v) is 2.72. The Morgan fingerprint density at radius 2 is 2.04 bits per heavy atom. The van der Waals surface area contributed by atoms with Crippen molar-refractivity contribution in [3.63, 3.8) is 0 Å². The van der Waals surface area contributed by atoms with E-state index in [1.165, 1.54) is 6.33 Å². The lowest BCUT2D eigenvalue weighted by Crippen LogP contribution is -2.50. The Labute approximate surface area is 140 Å². The molecule has 9 heteroatoms. The highest BCUT2D eigenvalue weighted by Crippen LogP contribution is 2.17. The van der Waals surface area contributed by atoms with Gasteiger partial charge in [0.15, 0.2) is 0 Å². The Balaban J connectivity index is 1.59. The Kier molecular flexibility index (Phi) is 4.88. The minimum atomic E-state index is 0.0624. The molecule has 3 rings (SSSR count). The quantitative estimate of drug-likeness (QED) is 0.834. The summed E-state index contributed by atoms with van der Waals surface area (Å²) < 4.78 is 1.55. The summed E-state index contributed by atoms with van der Waals surface area (Å²) in [6, 6.07) is 1.96. The molecule has 0 saturated carbocycles. The van der Waals surface area contributed by atoms with Crippen molar-refractivity contribution in [2.75, 3.05) is 42.9 Å². The summed E-state index contributed by atoms with van der Waals surface area (Å²) in [7, 11) is 0. The van der Waals surface area contributed by atoms with Gasteiger partial charge in [-0.2, -0.15) is 5.10 Å². The molecule has 1 amide bonds. The van der Waals surface area contributed by atoms with Crippen LogP contribution in [0.3, 0.4) is 0 Å². The van der Waals surface area contributed by atoms with E-state index < -0.39 is 0 Å². The monoisotopic (exact) mass is 330 g/mol. The molecule has 0 unspecified atom stereocenters. The molecule has 128 valence electrons. The predicted molar refractivity (Wildman–Crippen MR) is 89.7 cm³/mol. The van der Waals surface area contributed by atoms with Crippen molar-refractivity contribution in [2.24, 2.45) is 0 Å². The lowest BCUT2D eigenvalue weighted by Gasteiger charge is -2.35. The number of carbonyl (C=O) groups excluding carboxylic acids is 1. The maximum absolute atomic E-state index is 12.3. The van der Waals surface area contributed by atoms with Crippen LogP contribution in [-0.4, -0.2) is 68.3 Å². The van der Waals surface area contributed by atoms with E-state index >= 15 is 0 Å². The van der Waals surface area contributed by atoms with E-state index in [9.17, 15) is 4.79 Å². The fraction of sp³-hybridized carbons (Fsp3) is 0.533. The molecule has 1 aliphatic heterocycles.